The van der Waals surface area contributed by atoms with Gasteiger partial charge in [-0.25, -0.2) is 0 Å². The second-order valence-electron chi connectivity index (χ2n) is 8.18. The van der Waals surface area contributed by atoms with Gasteiger partial charge in [0.15, 0.2) is 5.76 Å². The van der Waals surface area contributed by atoms with Crippen molar-refractivity contribution < 1.29 is 18.8 Å². The van der Waals surface area contributed by atoms with Gasteiger partial charge in [-0.15, -0.1) is 0 Å². The van der Waals surface area contributed by atoms with Crippen LogP contribution in [0.15, 0.2) is 35.0 Å². The molecule has 4 rings (SSSR count). The Morgan fingerprint density at radius 1 is 1.30 bits per heavy atom. The standard InChI is InChI=1S/C23H29N3O4/c1-15(2)19-11-22(30-24-19)21-6-5-9-25(21)12-16-13-26(14-23(27)29-4)20-8-7-17(28-3)10-18(16)20/h7-8,10-11,13,15,21H,5-6,9,12,14H2,1-4H3. The van der Waals surface area contributed by atoms with Crippen molar-refractivity contribution in [1.29, 1.82) is 0 Å². The van der Waals surface area contributed by atoms with Crippen LogP contribution >= 0.6 is 0 Å². The molecule has 0 amide bonds. The van der Waals surface area contributed by atoms with Crippen LogP contribution in [0.2, 0.25) is 0 Å². The number of likely N-dealkylation sites (tertiary alicyclic amines) is 1. The van der Waals surface area contributed by atoms with Crippen LogP contribution in [-0.4, -0.2) is 41.4 Å². The molecule has 0 N–H and O–H groups in total. The Balaban J connectivity index is 1.65. The van der Waals surface area contributed by atoms with Crippen LogP contribution in [0.1, 0.15) is 55.7 Å². The summed E-state index contributed by atoms with van der Waals surface area (Å²) in [6, 6.07) is 8.26. The topological polar surface area (TPSA) is 69.7 Å². The average molecular weight is 412 g/mol. The first-order valence-electron chi connectivity index (χ1n) is 10.4. The van der Waals surface area contributed by atoms with Gasteiger partial charge in [0, 0.05) is 29.7 Å². The second-order valence-corrected chi connectivity index (χ2v) is 8.18. The minimum Gasteiger partial charge on any atom is -0.497 e. The summed E-state index contributed by atoms with van der Waals surface area (Å²) in [7, 11) is 3.08. The maximum Gasteiger partial charge on any atom is 0.325 e. The van der Waals surface area contributed by atoms with Crippen LogP contribution in [0.4, 0.5) is 0 Å². The number of methoxy groups -OCH3 is 2. The number of benzene rings is 1. The molecule has 1 aliphatic rings. The second kappa shape index (κ2) is 8.52. The van der Waals surface area contributed by atoms with Gasteiger partial charge in [0.05, 0.1) is 26.0 Å². The molecule has 7 heteroatoms. The summed E-state index contributed by atoms with van der Waals surface area (Å²) in [6.45, 7) is 6.19. The Labute approximate surface area is 176 Å². The predicted octanol–water partition coefficient (Wildman–Crippen LogP) is 4.27. The third-order valence-corrected chi connectivity index (χ3v) is 5.90. The van der Waals surface area contributed by atoms with Crippen molar-refractivity contribution in [3.8, 4) is 5.75 Å². The van der Waals surface area contributed by atoms with Crippen molar-refractivity contribution in [3.63, 3.8) is 0 Å². The van der Waals surface area contributed by atoms with Gasteiger partial charge in [-0.2, -0.15) is 0 Å². The molecule has 0 bridgehead atoms. The van der Waals surface area contributed by atoms with Gasteiger partial charge in [-0.3, -0.25) is 9.69 Å². The van der Waals surface area contributed by atoms with Crippen molar-refractivity contribution in [2.75, 3.05) is 20.8 Å². The van der Waals surface area contributed by atoms with E-state index in [2.05, 4.69) is 36.2 Å². The maximum atomic E-state index is 11.9. The Morgan fingerprint density at radius 2 is 2.13 bits per heavy atom. The lowest BCUT2D eigenvalue weighted by Gasteiger charge is -2.22. The Kier molecular flexibility index (Phi) is 5.81. The van der Waals surface area contributed by atoms with Crippen LogP contribution in [-0.2, 0) is 22.6 Å². The molecule has 1 atom stereocenters. The molecule has 0 aliphatic carbocycles. The van der Waals surface area contributed by atoms with E-state index in [-0.39, 0.29) is 18.6 Å². The first-order valence-corrected chi connectivity index (χ1v) is 10.4. The van der Waals surface area contributed by atoms with E-state index >= 15 is 0 Å². The molecular formula is C23H29N3O4. The zero-order chi connectivity index (χ0) is 21.3. The summed E-state index contributed by atoms with van der Waals surface area (Å²) in [5, 5.41) is 5.33. The molecule has 1 fully saturated rings. The fourth-order valence-electron chi connectivity index (χ4n) is 4.23. The lowest BCUT2D eigenvalue weighted by atomic mass is 10.1. The lowest BCUT2D eigenvalue weighted by molar-refractivity contribution is -0.141. The minimum atomic E-state index is -0.267. The highest BCUT2D eigenvalue weighted by atomic mass is 16.5. The van der Waals surface area contributed by atoms with Crippen LogP contribution in [0.3, 0.4) is 0 Å². The fourth-order valence-corrected chi connectivity index (χ4v) is 4.23. The van der Waals surface area contributed by atoms with E-state index in [4.69, 9.17) is 14.0 Å². The van der Waals surface area contributed by atoms with Crippen molar-refractivity contribution in [1.82, 2.24) is 14.6 Å². The van der Waals surface area contributed by atoms with Crippen molar-refractivity contribution in [3.05, 3.63) is 47.5 Å². The maximum absolute atomic E-state index is 11.9. The molecule has 1 aromatic carbocycles. The van der Waals surface area contributed by atoms with Crippen LogP contribution < -0.4 is 4.74 Å². The summed E-state index contributed by atoms with van der Waals surface area (Å²) in [4.78, 5) is 14.3. The third-order valence-electron chi connectivity index (χ3n) is 5.90. The summed E-state index contributed by atoms with van der Waals surface area (Å²) in [5.41, 5.74) is 3.15. The molecule has 1 unspecified atom stereocenters. The van der Waals surface area contributed by atoms with E-state index < -0.39 is 0 Å². The van der Waals surface area contributed by atoms with Gasteiger partial charge in [0.25, 0.3) is 0 Å². The van der Waals surface area contributed by atoms with E-state index in [0.29, 0.717) is 5.92 Å². The normalized spacial score (nSPS) is 17.2. The number of ether oxygens (including phenoxy) is 2. The number of hydrogen-bond donors (Lipinski definition) is 0. The number of aromatic nitrogens is 2. The number of fused-ring (bicyclic) bond motifs is 1. The first kappa shape index (κ1) is 20.5. The van der Waals surface area contributed by atoms with Crippen molar-refractivity contribution >= 4 is 16.9 Å². The van der Waals surface area contributed by atoms with Gasteiger partial charge >= 0.3 is 5.97 Å². The average Bonchev–Trinajstić information content (AvgIpc) is 3.47. The molecule has 0 radical (unpaired) electrons. The summed E-state index contributed by atoms with van der Waals surface area (Å²) < 4.78 is 18.0. The van der Waals surface area contributed by atoms with Gasteiger partial charge in [0.2, 0.25) is 0 Å². The number of rotatable bonds is 7. The van der Waals surface area contributed by atoms with Crippen LogP contribution in [0, 0.1) is 0 Å². The minimum absolute atomic E-state index is 0.183. The molecule has 3 aromatic rings. The van der Waals surface area contributed by atoms with Crippen molar-refractivity contribution in [2.45, 2.75) is 51.7 Å². The lowest BCUT2D eigenvalue weighted by Crippen LogP contribution is -2.22. The van der Waals surface area contributed by atoms with Gasteiger partial charge in [-0.05, 0) is 49.1 Å². The SMILES string of the molecule is COC(=O)Cn1cc(CN2CCCC2c2cc(C(C)C)no2)c2cc(OC)ccc21. The highest BCUT2D eigenvalue weighted by molar-refractivity contribution is 5.86. The molecule has 2 aromatic heterocycles. The fraction of sp³-hybridized carbons (Fsp3) is 0.478. The van der Waals surface area contributed by atoms with Crippen molar-refractivity contribution in [2.24, 2.45) is 0 Å². The molecule has 7 nitrogen and oxygen atoms in total. The molecule has 160 valence electrons. The number of hydrogen-bond acceptors (Lipinski definition) is 6. The Morgan fingerprint density at radius 3 is 2.83 bits per heavy atom. The smallest absolute Gasteiger partial charge is 0.325 e. The summed E-state index contributed by atoms with van der Waals surface area (Å²) >= 11 is 0. The molecule has 30 heavy (non-hydrogen) atoms. The zero-order valence-corrected chi connectivity index (χ0v) is 18.1. The van der Waals surface area contributed by atoms with Crippen LogP contribution in [0.25, 0.3) is 10.9 Å². The Bertz CT molecular complexity index is 1040. The number of esters is 1. The molecule has 1 saturated heterocycles. The van der Waals surface area contributed by atoms with E-state index in [0.717, 1.165) is 59.6 Å². The molecule has 0 saturated carbocycles. The van der Waals surface area contributed by atoms with Gasteiger partial charge in [0.1, 0.15) is 12.3 Å². The molecule has 3 heterocycles. The van der Waals surface area contributed by atoms with Crippen LogP contribution in [0.5, 0.6) is 5.75 Å². The zero-order valence-electron chi connectivity index (χ0n) is 18.1. The van der Waals surface area contributed by atoms with E-state index in [1.807, 2.05) is 22.8 Å². The molecule has 0 spiro atoms. The van der Waals surface area contributed by atoms with E-state index in [9.17, 15) is 4.79 Å². The summed E-state index contributed by atoms with van der Waals surface area (Å²) in [5.74, 6) is 1.82. The van der Waals surface area contributed by atoms with Gasteiger partial charge in [-0.1, -0.05) is 19.0 Å². The predicted molar refractivity (Wildman–Crippen MR) is 113 cm³/mol. The number of carbonyl (C=O) groups excluding carboxylic acids is 1. The van der Waals surface area contributed by atoms with Gasteiger partial charge < -0.3 is 18.6 Å². The molecule has 1 aliphatic heterocycles. The highest BCUT2D eigenvalue weighted by Gasteiger charge is 2.30. The number of nitrogens with zero attached hydrogens (tertiary/aromatic N) is 3. The molecular weight excluding hydrogens is 382 g/mol. The largest absolute Gasteiger partial charge is 0.497 e. The van der Waals surface area contributed by atoms with E-state index in [1.165, 1.54) is 7.11 Å². The summed E-state index contributed by atoms with van der Waals surface area (Å²) in [6.07, 6.45) is 4.22. The van der Waals surface area contributed by atoms with E-state index in [1.54, 1.807) is 7.11 Å². The third kappa shape index (κ3) is 3.94. The quantitative estimate of drug-likeness (QED) is 0.541. The highest BCUT2D eigenvalue weighted by Crippen LogP contribution is 2.36. The first-order chi connectivity index (χ1) is 14.5. The monoisotopic (exact) mass is 411 g/mol. The Hall–Kier alpha value is -2.80. The number of carbonyl (C=O) groups is 1.